The topological polar surface area (TPSA) is 68.0 Å². The normalized spacial score (nSPS) is 15.6. The van der Waals surface area contributed by atoms with Crippen LogP contribution in [-0.4, -0.2) is 10.9 Å². The number of rotatable bonds is 1. The molecule has 4 heteroatoms. The highest BCUT2D eigenvalue weighted by Crippen LogP contribution is 2.34. The highest BCUT2D eigenvalue weighted by molar-refractivity contribution is 6.35. The number of anilines is 2. The van der Waals surface area contributed by atoms with Gasteiger partial charge in [0.25, 0.3) is 5.91 Å². The number of fused-ring (bicyclic) bond motifs is 1. The van der Waals surface area contributed by atoms with Crippen LogP contribution in [0.15, 0.2) is 42.7 Å². The van der Waals surface area contributed by atoms with Crippen LogP contribution in [0.1, 0.15) is 11.1 Å². The maximum Gasteiger partial charge on any atom is 0.256 e. The van der Waals surface area contributed by atoms with Gasteiger partial charge in [-0.15, -0.1) is 0 Å². The third kappa shape index (κ3) is 1.73. The van der Waals surface area contributed by atoms with Crippen molar-refractivity contribution in [2.75, 3.05) is 11.1 Å². The van der Waals surface area contributed by atoms with E-state index in [1.165, 1.54) is 0 Å². The van der Waals surface area contributed by atoms with Gasteiger partial charge < -0.3 is 11.1 Å². The summed E-state index contributed by atoms with van der Waals surface area (Å²) < 4.78 is 0. The Morgan fingerprint density at radius 1 is 1.17 bits per heavy atom. The molecular weight excluding hydrogens is 226 g/mol. The van der Waals surface area contributed by atoms with E-state index in [4.69, 9.17) is 5.73 Å². The smallest absolute Gasteiger partial charge is 0.256 e. The molecule has 1 amide bonds. The molecule has 0 radical (unpaired) electrons. The monoisotopic (exact) mass is 237 g/mol. The second kappa shape index (κ2) is 4.00. The van der Waals surface area contributed by atoms with Crippen LogP contribution >= 0.6 is 0 Å². The van der Waals surface area contributed by atoms with Crippen LogP contribution in [0.5, 0.6) is 0 Å². The number of hydrogen-bond acceptors (Lipinski definition) is 3. The summed E-state index contributed by atoms with van der Waals surface area (Å²) in [7, 11) is 0. The van der Waals surface area contributed by atoms with Gasteiger partial charge in [-0.25, -0.2) is 0 Å². The van der Waals surface area contributed by atoms with E-state index >= 15 is 0 Å². The fourth-order valence-corrected chi connectivity index (χ4v) is 1.98. The molecule has 1 aliphatic heterocycles. The molecule has 0 unspecified atom stereocenters. The Kier molecular flexibility index (Phi) is 2.34. The van der Waals surface area contributed by atoms with Gasteiger partial charge in [-0.05, 0) is 35.9 Å². The van der Waals surface area contributed by atoms with E-state index in [9.17, 15) is 4.79 Å². The number of aromatic nitrogens is 1. The predicted octanol–water partition coefficient (Wildman–Crippen LogP) is 2.16. The molecule has 18 heavy (non-hydrogen) atoms. The summed E-state index contributed by atoms with van der Waals surface area (Å²) in [6.45, 7) is 0. The average Bonchev–Trinajstić information content (AvgIpc) is 2.66. The summed E-state index contributed by atoms with van der Waals surface area (Å²) in [4.78, 5) is 15.9. The molecule has 0 spiro atoms. The molecule has 88 valence electrons. The average molecular weight is 237 g/mol. The standard InChI is InChI=1S/C14H11N3O/c15-10-1-2-11-12(14(18)17-13(11)8-10)7-9-3-5-16-6-4-9/h1-8H,15H2,(H,17,18). The Morgan fingerprint density at radius 3 is 2.72 bits per heavy atom. The first-order valence-corrected chi connectivity index (χ1v) is 5.57. The van der Waals surface area contributed by atoms with Crippen molar-refractivity contribution in [3.05, 3.63) is 53.9 Å². The van der Waals surface area contributed by atoms with Crippen molar-refractivity contribution >= 4 is 28.9 Å². The van der Waals surface area contributed by atoms with Crippen molar-refractivity contribution in [3.8, 4) is 0 Å². The van der Waals surface area contributed by atoms with Crippen molar-refractivity contribution in [2.24, 2.45) is 0 Å². The van der Waals surface area contributed by atoms with Gasteiger partial charge in [0, 0.05) is 29.2 Å². The minimum absolute atomic E-state index is 0.104. The summed E-state index contributed by atoms with van der Waals surface area (Å²) in [6.07, 6.45) is 5.24. The van der Waals surface area contributed by atoms with E-state index in [-0.39, 0.29) is 5.91 Å². The Balaban J connectivity index is 2.10. The third-order valence-corrected chi connectivity index (χ3v) is 2.84. The minimum Gasteiger partial charge on any atom is -0.399 e. The zero-order valence-corrected chi connectivity index (χ0v) is 9.55. The number of nitrogen functional groups attached to an aromatic ring is 1. The Labute approximate surface area is 104 Å². The summed E-state index contributed by atoms with van der Waals surface area (Å²) in [5.74, 6) is -0.104. The van der Waals surface area contributed by atoms with Gasteiger partial charge in [0.05, 0.1) is 5.69 Å². The van der Waals surface area contributed by atoms with Gasteiger partial charge in [0.15, 0.2) is 0 Å². The van der Waals surface area contributed by atoms with E-state index in [1.807, 2.05) is 24.3 Å². The van der Waals surface area contributed by atoms with Crippen LogP contribution < -0.4 is 11.1 Å². The molecule has 1 aromatic carbocycles. The molecule has 3 N–H and O–H groups in total. The molecule has 2 aromatic rings. The number of hydrogen-bond donors (Lipinski definition) is 2. The molecule has 2 heterocycles. The molecule has 0 saturated heterocycles. The molecule has 1 aromatic heterocycles. The first-order valence-electron chi connectivity index (χ1n) is 5.57. The van der Waals surface area contributed by atoms with Crippen molar-refractivity contribution < 1.29 is 4.79 Å². The maximum absolute atomic E-state index is 11.9. The van der Waals surface area contributed by atoms with Crippen molar-refractivity contribution in [3.63, 3.8) is 0 Å². The number of carbonyl (C=O) groups is 1. The summed E-state index contributed by atoms with van der Waals surface area (Å²) in [5.41, 5.74) is 9.57. The molecule has 0 saturated carbocycles. The zero-order valence-electron chi connectivity index (χ0n) is 9.55. The molecule has 0 atom stereocenters. The number of benzene rings is 1. The van der Waals surface area contributed by atoms with Crippen LogP contribution in [0.2, 0.25) is 0 Å². The van der Waals surface area contributed by atoms with Crippen LogP contribution in [0, 0.1) is 0 Å². The highest BCUT2D eigenvalue weighted by Gasteiger charge is 2.23. The molecule has 0 fully saturated rings. The number of amides is 1. The van der Waals surface area contributed by atoms with Crippen LogP contribution in [0.4, 0.5) is 11.4 Å². The van der Waals surface area contributed by atoms with E-state index in [2.05, 4.69) is 10.3 Å². The molecule has 4 nitrogen and oxygen atoms in total. The molecule has 0 aliphatic carbocycles. The van der Waals surface area contributed by atoms with Crippen molar-refractivity contribution in [1.82, 2.24) is 4.98 Å². The van der Waals surface area contributed by atoms with Gasteiger partial charge in [0.2, 0.25) is 0 Å². The van der Waals surface area contributed by atoms with E-state index in [0.29, 0.717) is 11.3 Å². The number of pyridine rings is 1. The van der Waals surface area contributed by atoms with Gasteiger partial charge in [-0.2, -0.15) is 0 Å². The second-order valence-corrected chi connectivity index (χ2v) is 4.10. The fourth-order valence-electron chi connectivity index (χ4n) is 1.98. The maximum atomic E-state index is 11.9. The minimum atomic E-state index is -0.104. The third-order valence-electron chi connectivity index (χ3n) is 2.84. The van der Waals surface area contributed by atoms with E-state index < -0.39 is 0 Å². The first-order chi connectivity index (χ1) is 8.74. The van der Waals surface area contributed by atoms with Gasteiger partial charge in [-0.1, -0.05) is 6.07 Å². The van der Waals surface area contributed by atoms with Crippen LogP contribution in [0.25, 0.3) is 11.6 Å². The van der Waals surface area contributed by atoms with Gasteiger partial charge in [0.1, 0.15) is 0 Å². The first kappa shape index (κ1) is 10.5. The largest absolute Gasteiger partial charge is 0.399 e. The van der Waals surface area contributed by atoms with Crippen LogP contribution in [0.3, 0.4) is 0 Å². The molecule has 0 bridgehead atoms. The van der Waals surface area contributed by atoms with E-state index in [1.54, 1.807) is 24.5 Å². The van der Waals surface area contributed by atoms with Crippen molar-refractivity contribution in [1.29, 1.82) is 0 Å². The number of nitrogens with two attached hydrogens (primary N) is 1. The van der Waals surface area contributed by atoms with Gasteiger partial charge in [-0.3, -0.25) is 9.78 Å². The molecule has 1 aliphatic rings. The predicted molar refractivity (Wildman–Crippen MR) is 71.6 cm³/mol. The van der Waals surface area contributed by atoms with Crippen LogP contribution in [-0.2, 0) is 4.79 Å². The van der Waals surface area contributed by atoms with E-state index in [0.717, 1.165) is 16.8 Å². The number of nitrogens with zero attached hydrogens (tertiary/aromatic N) is 1. The summed E-state index contributed by atoms with van der Waals surface area (Å²) in [5, 5.41) is 2.81. The Hall–Kier alpha value is -2.62. The fraction of sp³-hybridized carbons (Fsp3) is 0. The lowest BCUT2D eigenvalue weighted by atomic mass is 10.0. The molecular formula is C14H11N3O. The lowest BCUT2D eigenvalue weighted by Gasteiger charge is -1.99. The van der Waals surface area contributed by atoms with Gasteiger partial charge >= 0.3 is 0 Å². The zero-order chi connectivity index (χ0) is 12.5. The Morgan fingerprint density at radius 2 is 1.94 bits per heavy atom. The summed E-state index contributed by atoms with van der Waals surface area (Å²) in [6, 6.07) is 9.13. The second-order valence-electron chi connectivity index (χ2n) is 4.10. The lowest BCUT2D eigenvalue weighted by molar-refractivity contribution is -0.110. The Bertz CT molecular complexity index is 647. The SMILES string of the molecule is Nc1ccc2c(c1)NC(=O)C2=Cc1ccncc1. The highest BCUT2D eigenvalue weighted by atomic mass is 16.2. The van der Waals surface area contributed by atoms with Crippen molar-refractivity contribution in [2.45, 2.75) is 0 Å². The number of nitrogens with one attached hydrogen (secondary N) is 1. The summed E-state index contributed by atoms with van der Waals surface area (Å²) >= 11 is 0. The number of carbonyl (C=O) groups excluding carboxylic acids is 1. The quantitative estimate of drug-likeness (QED) is 0.590. The molecule has 3 rings (SSSR count). The lowest BCUT2D eigenvalue weighted by Crippen LogP contribution is -2.03.